The van der Waals surface area contributed by atoms with E-state index in [2.05, 4.69) is 15.9 Å². The summed E-state index contributed by atoms with van der Waals surface area (Å²) in [4.78, 5) is 13.6. The molecule has 0 N–H and O–H groups in total. The maximum absolute atomic E-state index is 12.7. The predicted octanol–water partition coefficient (Wildman–Crippen LogP) is 3.70. The van der Waals surface area contributed by atoms with Crippen molar-refractivity contribution < 1.29 is 18.0 Å². The fourth-order valence-corrected chi connectivity index (χ4v) is 2.45. The van der Waals surface area contributed by atoms with Crippen molar-refractivity contribution in [1.82, 2.24) is 4.90 Å². The molecular formula is C12H11BrF3NO. The molecule has 1 aromatic carbocycles. The highest BCUT2D eigenvalue weighted by Crippen LogP contribution is 2.35. The van der Waals surface area contributed by atoms with Gasteiger partial charge in [-0.25, -0.2) is 0 Å². The van der Waals surface area contributed by atoms with E-state index in [-0.39, 0.29) is 15.9 Å². The molecule has 0 spiro atoms. The van der Waals surface area contributed by atoms with Gasteiger partial charge in [0.15, 0.2) is 0 Å². The van der Waals surface area contributed by atoms with Crippen LogP contribution in [0.5, 0.6) is 0 Å². The molecule has 0 unspecified atom stereocenters. The van der Waals surface area contributed by atoms with Crippen molar-refractivity contribution in [3.63, 3.8) is 0 Å². The lowest BCUT2D eigenvalue weighted by molar-refractivity contribution is -0.138. The normalized spacial score (nSPS) is 16.1. The van der Waals surface area contributed by atoms with Crippen molar-refractivity contribution in [3.8, 4) is 0 Å². The van der Waals surface area contributed by atoms with Gasteiger partial charge in [-0.1, -0.05) is 15.9 Å². The minimum absolute atomic E-state index is 0.0482. The van der Waals surface area contributed by atoms with Crippen LogP contribution in [-0.2, 0) is 6.18 Å². The molecule has 1 fully saturated rings. The van der Waals surface area contributed by atoms with Gasteiger partial charge < -0.3 is 4.90 Å². The number of carbonyl (C=O) groups excluding carboxylic acids is 1. The van der Waals surface area contributed by atoms with Crippen molar-refractivity contribution >= 4 is 21.8 Å². The molecule has 6 heteroatoms. The average molecular weight is 322 g/mol. The monoisotopic (exact) mass is 321 g/mol. The van der Waals surface area contributed by atoms with Gasteiger partial charge in [0.2, 0.25) is 0 Å². The quantitative estimate of drug-likeness (QED) is 0.772. The second-order valence-corrected chi connectivity index (χ2v) is 5.05. The molecular weight excluding hydrogens is 311 g/mol. The number of amides is 1. The highest BCUT2D eigenvalue weighted by Gasteiger charge is 2.34. The Labute approximate surface area is 111 Å². The Morgan fingerprint density at radius 3 is 2.39 bits per heavy atom. The Kier molecular flexibility index (Phi) is 3.66. The minimum atomic E-state index is -4.46. The first kappa shape index (κ1) is 13.4. The lowest BCUT2D eigenvalue weighted by Gasteiger charge is -2.17. The van der Waals surface area contributed by atoms with E-state index in [9.17, 15) is 18.0 Å². The van der Waals surface area contributed by atoms with Gasteiger partial charge >= 0.3 is 6.18 Å². The first-order chi connectivity index (χ1) is 8.39. The second kappa shape index (κ2) is 4.91. The van der Waals surface area contributed by atoms with Gasteiger partial charge in [-0.3, -0.25) is 4.79 Å². The molecule has 0 saturated carbocycles. The van der Waals surface area contributed by atoms with Crippen LogP contribution < -0.4 is 0 Å². The van der Waals surface area contributed by atoms with Crippen molar-refractivity contribution in [2.24, 2.45) is 0 Å². The van der Waals surface area contributed by atoms with Gasteiger partial charge in [-0.05, 0) is 31.0 Å². The Morgan fingerprint density at radius 2 is 1.83 bits per heavy atom. The topological polar surface area (TPSA) is 20.3 Å². The summed E-state index contributed by atoms with van der Waals surface area (Å²) in [5.74, 6) is -0.328. The van der Waals surface area contributed by atoms with Crippen LogP contribution in [0.15, 0.2) is 22.7 Å². The van der Waals surface area contributed by atoms with E-state index in [1.807, 2.05) is 0 Å². The molecule has 2 nitrogen and oxygen atoms in total. The van der Waals surface area contributed by atoms with Crippen molar-refractivity contribution in [3.05, 3.63) is 33.8 Å². The average Bonchev–Trinajstić information content (AvgIpc) is 2.80. The van der Waals surface area contributed by atoms with Gasteiger partial charge in [0, 0.05) is 23.1 Å². The van der Waals surface area contributed by atoms with Crippen LogP contribution in [0.4, 0.5) is 13.2 Å². The summed E-state index contributed by atoms with van der Waals surface area (Å²) in [5.41, 5.74) is -0.722. The second-order valence-electron chi connectivity index (χ2n) is 4.19. The fourth-order valence-electron chi connectivity index (χ4n) is 1.98. The smallest absolute Gasteiger partial charge is 0.339 e. The molecule has 1 aliphatic heterocycles. The zero-order chi connectivity index (χ0) is 13.3. The van der Waals surface area contributed by atoms with Gasteiger partial charge in [0.1, 0.15) is 0 Å². The van der Waals surface area contributed by atoms with Crippen LogP contribution in [0, 0.1) is 0 Å². The number of likely N-dealkylation sites (tertiary alicyclic amines) is 1. The summed E-state index contributed by atoms with van der Waals surface area (Å²) in [6.07, 6.45) is -2.64. The first-order valence-electron chi connectivity index (χ1n) is 5.55. The number of halogens is 4. The lowest BCUT2D eigenvalue weighted by Crippen LogP contribution is -2.27. The molecule has 2 rings (SSSR count). The van der Waals surface area contributed by atoms with E-state index < -0.39 is 11.7 Å². The number of benzene rings is 1. The summed E-state index contributed by atoms with van der Waals surface area (Å²) in [6.45, 7) is 1.24. The number of nitrogens with zero attached hydrogens (tertiary/aromatic N) is 1. The van der Waals surface area contributed by atoms with Crippen LogP contribution in [0.25, 0.3) is 0 Å². The zero-order valence-corrected chi connectivity index (χ0v) is 11.0. The summed E-state index contributed by atoms with van der Waals surface area (Å²) >= 11 is 2.85. The van der Waals surface area contributed by atoms with E-state index in [0.29, 0.717) is 13.1 Å². The molecule has 0 bridgehead atoms. The van der Waals surface area contributed by atoms with E-state index >= 15 is 0 Å². The molecule has 18 heavy (non-hydrogen) atoms. The summed E-state index contributed by atoms with van der Waals surface area (Å²) in [5, 5.41) is 0. The molecule has 1 aliphatic rings. The molecule has 98 valence electrons. The number of alkyl halides is 3. The third kappa shape index (κ3) is 2.68. The molecule has 1 aromatic rings. The van der Waals surface area contributed by atoms with Crippen molar-refractivity contribution in [1.29, 1.82) is 0 Å². The molecule has 1 heterocycles. The fraction of sp³-hybridized carbons (Fsp3) is 0.417. The number of carbonyl (C=O) groups is 1. The SMILES string of the molecule is O=C(c1ccc(Br)c(C(F)(F)F)c1)N1CCCC1. The Morgan fingerprint density at radius 1 is 1.22 bits per heavy atom. The maximum Gasteiger partial charge on any atom is 0.417 e. The van der Waals surface area contributed by atoms with Gasteiger partial charge in [-0.15, -0.1) is 0 Å². The minimum Gasteiger partial charge on any atom is -0.339 e. The largest absolute Gasteiger partial charge is 0.417 e. The van der Waals surface area contributed by atoms with Crippen molar-refractivity contribution in [2.75, 3.05) is 13.1 Å². The van der Waals surface area contributed by atoms with Gasteiger partial charge in [0.05, 0.1) is 5.56 Å². The van der Waals surface area contributed by atoms with Gasteiger partial charge in [-0.2, -0.15) is 13.2 Å². The maximum atomic E-state index is 12.7. The molecule has 0 aliphatic carbocycles. The highest BCUT2D eigenvalue weighted by molar-refractivity contribution is 9.10. The Bertz CT molecular complexity index is 467. The molecule has 1 amide bonds. The highest BCUT2D eigenvalue weighted by atomic mass is 79.9. The van der Waals surface area contributed by atoms with E-state index in [1.54, 1.807) is 4.90 Å². The van der Waals surface area contributed by atoms with E-state index in [4.69, 9.17) is 0 Å². The molecule has 0 aromatic heterocycles. The lowest BCUT2D eigenvalue weighted by atomic mass is 10.1. The number of rotatable bonds is 1. The standard InChI is InChI=1S/C12H11BrF3NO/c13-10-4-3-8(7-9(10)12(14,15)16)11(18)17-5-1-2-6-17/h3-4,7H,1-2,5-6H2. The summed E-state index contributed by atoms with van der Waals surface area (Å²) < 4.78 is 38.1. The van der Waals surface area contributed by atoms with Crippen LogP contribution in [0.2, 0.25) is 0 Å². The van der Waals surface area contributed by atoms with Crippen LogP contribution >= 0.6 is 15.9 Å². The number of hydrogen-bond donors (Lipinski definition) is 0. The third-order valence-electron chi connectivity index (χ3n) is 2.91. The molecule has 1 saturated heterocycles. The molecule has 0 atom stereocenters. The van der Waals surface area contributed by atoms with Crippen LogP contribution in [0.3, 0.4) is 0 Å². The number of hydrogen-bond acceptors (Lipinski definition) is 1. The zero-order valence-electron chi connectivity index (χ0n) is 9.43. The first-order valence-corrected chi connectivity index (χ1v) is 6.35. The summed E-state index contributed by atoms with van der Waals surface area (Å²) in [7, 11) is 0. The van der Waals surface area contributed by atoms with Crippen LogP contribution in [-0.4, -0.2) is 23.9 Å². The Balaban J connectivity index is 2.32. The Hall–Kier alpha value is -1.04. The van der Waals surface area contributed by atoms with E-state index in [0.717, 1.165) is 18.9 Å². The molecule has 0 radical (unpaired) electrons. The summed E-state index contributed by atoms with van der Waals surface area (Å²) in [6, 6.07) is 3.59. The van der Waals surface area contributed by atoms with Crippen LogP contribution in [0.1, 0.15) is 28.8 Å². The predicted molar refractivity (Wildman–Crippen MR) is 64.3 cm³/mol. The van der Waals surface area contributed by atoms with Crippen molar-refractivity contribution in [2.45, 2.75) is 19.0 Å². The van der Waals surface area contributed by atoms with Gasteiger partial charge in [0.25, 0.3) is 5.91 Å². The third-order valence-corrected chi connectivity index (χ3v) is 3.60. The van der Waals surface area contributed by atoms with E-state index in [1.165, 1.54) is 12.1 Å².